The number of hydrogen-bond donors (Lipinski definition) is 2. The van der Waals surface area contributed by atoms with Crippen LogP contribution in [0.25, 0.3) is 10.9 Å². The van der Waals surface area contributed by atoms with Crippen molar-refractivity contribution >= 4 is 26.8 Å². The molecule has 1 fully saturated rings. The maximum Gasteiger partial charge on any atom is 0.247 e. The van der Waals surface area contributed by atoms with Gasteiger partial charge in [0.05, 0.1) is 16.3 Å². The largest absolute Gasteiger partial charge is 0.489 e. The number of carbonyl (C=O) groups is 1. The zero-order valence-corrected chi connectivity index (χ0v) is 18.5. The van der Waals surface area contributed by atoms with Gasteiger partial charge in [-0.15, -0.1) is 0 Å². The summed E-state index contributed by atoms with van der Waals surface area (Å²) in [5.74, 6) is -0.573. The van der Waals surface area contributed by atoms with Crippen LogP contribution >= 0.6 is 0 Å². The molecule has 2 heterocycles. The van der Waals surface area contributed by atoms with Crippen LogP contribution in [0.4, 0.5) is 0 Å². The number of carbonyl (C=O) groups excluding carboxylic acids is 1. The van der Waals surface area contributed by atoms with Crippen molar-refractivity contribution in [2.45, 2.75) is 31.3 Å². The normalized spacial score (nSPS) is 17.2. The molecule has 0 aliphatic carbocycles. The third-order valence-corrected chi connectivity index (χ3v) is 7.53. The van der Waals surface area contributed by atoms with E-state index in [-0.39, 0.29) is 11.4 Å². The molecule has 9 heteroatoms. The van der Waals surface area contributed by atoms with E-state index in [9.17, 15) is 13.2 Å². The minimum Gasteiger partial charge on any atom is -0.489 e. The molecule has 0 saturated carbocycles. The van der Waals surface area contributed by atoms with Gasteiger partial charge in [0.25, 0.3) is 0 Å². The van der Waals surface area contributed by atoms with Crippen LogP contribution in [0, 0.1) is 12.8 Å². The summed E-state index contributed by atoms with van der Waals surface area (Å²) < 4.78 is 33.2. The summed E-state index contributed by atoms with van der Waals surface area (Å²) in [5.41, 5.74) is 4.43. The van der Waals surface area contributed by atoms with Crippen LogP contribution in [0.1, 0.15) is 24.1 Å². The van der Waals surface area contributed by atoms with Gasteiger partial charge < -0.3 is 4.74 Å². The Morgan fingerprint density at radius 2 is 1.97 bits per heavy atom. The van der Waals surface area contributed by atoms with Crippen LogP contribution in [0.2, 0.25) is 0 Å². The van der Waals surface area contributed by atoms with Gasteiger partial charge in [-0.1, -0.05) is 18.2 Å². The van der Waals surface area contributed by atoms with Crippen molar-refractivity contribution in [2.24, 2.45) is 5.92 Å². The fourth-order valence-corrected chi connectivity index (χ4v) is 5.52. The topological polar surface area (TPSA) is 109 Å². The number of aryl methyl sites for hydroxylation is 1. The first-order chi connectivity index (χ1) is 15.4. The van der Waals surface area contributed by atoms with Crippen molar-refractivity contribution in [1.29, 1.82) is 0 Å². The van der Waals surface area contributed by atoms with Gasteiger partial charge >= 0.3 is 0 Å². The number of fused-ring (bicyclic) bond motifs is 1. The standard InChI is InChI=1S/C23H25N3O5S/c1-16-13-18(21-6-2-3-7-22(21)24-16)15-31-19-8-10-20(11-9-19)32(29,30)26-12-4-5-17(14-26)23(27)25-28/h2-3,6-11,13,17,28H,4-5,12,14-15H2,1H3,(H,25,27). The molecule has 1 saturated heterocycles. The Hall–Kier alpha value is -3.01. The van der Waals surface area contributed by atoms with Gasteiger partial charge in [0.1, 0.15) is 12.4 Å². The average molecular weight is 456 g/mol. The molecule has 0 spiro atoms. The molecular formula is C23H25N3O5S. The number of sulfonamides is 1. The Balaban J connectivity index is 1.47. The van der Waals surface area contributed by atoms with Crippen LogP contribution in [-0.2, 0) is 21.4 Å². The Morgan fingerprint density at radius 1 is 1.22 bits per heavy atom. The van der Waals surface area contributed by atoms with E-state index in [1.165, 1.54) is 16.4 Å². The Bertz CT molecular complexity index is 1230. The molecule has 168 valence electrons. The molecule has 8 nitrogen and oxygen atoms in total. The third kappa shape index (κ3) is 4.59. The number of hydroxylamine groups is 1. The highest BCUT2D eigenvalue weighted by Gasteiger charge is 2.33. The minimum absolute atomic E-state index is 0.0431. The SMILES string of the molecule is Cc1cc(COc2ccc(S(=O)(=O)N3CCCC(C(=O)NO)C3)cc2)c2ccccc2n1. The highest BCUT2D eigenvalue weighted by Crippen LogP contribution is 2.26. The van der Waals surface area contributed by atoms with Crippen molar-refractivity contribution in [3.8, 4) is 5.75 Å². The molecule has 1 aliphatic heterocycles. The molecule has 0 radical (unpaired) electrons. The maximum absolute atomic E-state index is 13.0. The summed E-state index contributed by atoms with van der Waals surface area (Å²) in [6.07, 6.45) is 1.09. The summed E-state index contributed by atoms with van der Waals surface area (Å²) in [6.45, 7) is 2.65. The van der Waals surface area contributed by atoms with Gasteiger partial charge in [0, 0.05) is 29.7 Å². The number of nitrogens with zero attached hydrogens (tertiary/aromatic N) is 2. The highest BCUT2D eigenvalue weighted by molar-refractivity contribution is 7.89. The zero-order chi connectivity index (χ0) is 22.7. The highest BCUT2D eigenvalue weighted by atomic mass is 32.2. The Kier molecular flexibility index (Phi) is 6.40. The molecular weight excluding hydrogens is 430 g/mol. The van der Waals surface area contributed by atoms with Gasteiger partial charge in [-0.25, -0.2) is 13.9 Å². The van der Waals surface area contributed by atoms with Gasteiger partial charge in [-0.2, -0.15) is 4.31 Å². The molecule has 3 aromatic rings. The second-order valence-corrected chi connectivity index (χ2v) is 9.82. The predicted octanol–water partition coefficient (Wildman–Crippen LogP) is 3.03. The second kappa shape index (κ2) is 9.23. The van der Waals surface area contributed by atoms with E-state index in [0.29, 0.717) is 31.7 Å². The van der Waals surface area contributed by atoms with E-state index in [1.54, 1.807) is 17.6 Å². The number of piperidine rings is 1. The average Bonchev–Trinajstić information content (AvgIpc) is 2.82. The lowest BCUT2D eigenvalue weighted by Gasteiger charge is -2.30. The van der Waals surface area contributed by atoms with Crippen LogP contribution in [0.15, 0.2) is 59.5 Å². The van der Waals surface area contributed by atoms with Crippen molar-refractivity contribution < 1.29 is 23.2 Å². The molecule has 1 aliphatic rings. The fraction of sp³-hybridized carbons (Fsp3) is 0.304. The van der Waals surface area contributed by atoms with E-state index in [0.717, 1.165) is 22.2 Å². The van der Waals surface area contributed by atoms with E-state index in [1.807, 2.05) is 37.3 Å². The number of ether oxygens (including phenoxy) is 1. The number of amides is 1. The lowest BCUT2D eigenvalue weighted by Crippen LogP contribution is -2.44. The van der Waals surface area contributed by atoms with Crippen LogP contribution in [-0.4, -0.2) is 41.9 Å². The lowest BCUT2D eigenvalue weighted by molar-refractivity contribution is -0.134. The van der Waals surface area contributed by atoms with Gasteiger partial charge in [-0.05, 0) is 56.2 Å². The lowest BCUT2D eigenvalue weighted by atomic mass is 9.99. The van der Waals surface area contributed by atoms with E-state index in [2.05, 4.69) is 4.98 Å². The van der Waals surface area contributed by atoms with E-state index >= 15 is 0 Å². The van der Waals surface area contributed by atoms with E-state index < -0.39 is 21.8 Å². The zero-order valence-electron chi connectivity index (χ0n) is 17.7. The molecule has 1 unspecified atom stereocenters. The van der Waals surface area contributed by atoms with Crippen molar-refractivity contribution in [2.75, 3.05) is 13.1 Å². The molecule has 2 aromatic carbocycles. The Morgan fingerprint density at radius 3 is 2.72 bits per heavy atom. The molecule has 1 atom stereocenters. The first kappa shape index (κ1) is 22.2. The summed E-state index contributed by atoms with van der Waals surface area (Å²) >= 11 is 0. The molecule has 0 bridgehead atoms. The van der Waals surface area contributed by atoms with Crippen molar-refractivity contribution in [3.63, 3.8) is 0 Å². The van der Waals surface area contributed by atoms with Crippen molar-refractivity contribution in [1.82, 2.24) is 14.8 Å². The van der Waals surface area contributed by atoms with Gasteiger partial charge in [0.15, 0.2) is 0 Å². The predicted molar refractivity (Wildman–Crippen MR) is 119 cm³/mol. The molecule has 1 aromatic heterocycles. The summed E-state index contributed by atoms with van der Waals surface area (Å²) in [4.78, 5) is 16.4. The summed E-state index contributed by atoms with van der Waals surface area (Å²) in [7, 11) is -3.75. The van der Waals surface area contributed by atoms with E-state index in [4.69, 9.17) is 9.94 Å². The minimum atomic E-state index is -3.75. The van der Waals surface area contributed by atoms with Gasteiger partial charge in [0.2, 0.25) is 15.9 Å². The third-order valence-electron chi connectivity index (χ3n) is 5.65. The first-order valence-electron chi connectivity index (χ1n) is 10.4. The number of benzene rings is 2. The molecule has 2 N–H and O–H groups in total. The second-order valence-electron chi connectivity index (χ2n) is 7.88. The van der Waals surface area contributed by atoms with Crippen molar-refractivity contribution in [3.05, 3.63) is 65.9 Å². The number of nitrogens with one attached hydrogen (secondary N) is 1. The number of para-hydroxylation sites is 1. The smallest absolute Gasteiger partial charge is 0.247 e. The van der Waals surface area contributed by atoms with Crippen LogP contribution < -0.4 is 10.2 Å². The number of rotatable bonds is 6. The summed E-state index contributed by atoms with van der Waals surface area (Å²) in [5, 5.41) is 9.86. The Labute approximate surface area is 186 Å². The number of aromatic nitrogens is 1. The number of pyridine rings is 1. The summed E-state index contributed by atoms with van der Waals surface area (Å²) in [6, 6.07) is 16.1. The maximum atomic E-state index is 13.0. The number of hydrogen-bond acceptors (Lipinski definition) is 6. The first-order valence-corrected chi connectivity index (χ1v) is 11.8. The van der Waals surface area contributed by atoms with Crippen LogP contribution in [0.3, 0.4) is 0 Å². The van der Waals surface area contributed by atoms with Gasteiger partial charge in [-0.3, -0.25) is 15.0 Å². The quantitative estimate of drug-likeness (QED) is 0.437. The van der Waals surface area contributed by atoms with Crippen LogP contribution in [0.5, 0.6) is 5.75 Å². The molecule has 32 heavy (non-hydrogen) atoms. The molecule has 1 amide bonds. The molecule has 4 rings (SSSR count). The fourth-order valence-electron chi connectivity index (χ4n) is 4.00. The monoisotopic (exact) mass is 455 g/mol.